The van der Waals surface area contributed by atoms with Crippen molar-refractivity contribution in [2.45, 2.75) is 19.8 Å². The van der Waals surface area contributed by atoms with Crippen LogP contribution in [0.3, 0.4) is 0 Å². The van der Waals surface area contributed by atoms with E-state index in [1.807, 2.05) is 6.92 Å². The predicted octanol–water partition coefficient (Wildman–Crippen LogP) is 3.78. The number of hydrogen-bond donors (Lipinski definition) is 1. The van der Waals surface area contributed by atoms with Gasteiger partial charge in [0.25, 0.3) is 0 Å². The largest absolute Gasteiger partial charge is 0.387 e. The zero-order valence-electron chi connectivity index (χ0n) is 7.93. The molecule has 0 saturated heterocycles. The van der Waals surface area contributed by atoms with Gasteiger partial charge in [0.15, 0.2) is 0 Å². The van der Waals surface area contributed by atoms with Crippen molar-refractivity contribution in [3.8, 4) is 0 Å². The van der Waals surface area contributed by atoms with E-state index in [1.165, 1.54) is 0 Å². The van der Waals surface area contributed by atoms with Crippen LogP contribution in [0.5, 0.6) is 0 Å². The van der Waals surface area contributed by atoms with Crippen molar-refractivity contribution in [1.29, 1.82) is 0 Å². The quantitative estimate of drug-likeness (QED) is 0.623. The van der Waals surface area contributed by atoms with Gasteiger partial charge in [0.1, 0.15) is 0 Å². The minimum atomic E-state index is 0.570. The number of nitrogens with two attached hydrogens (primary N) is 1. The van der Waals surface area contributed by atoms with E-state index < -0.39 is 0 Å². The highest BCUT2D eigenvalue weighted by Crippen LogP contribution is 2.24. The third kappa shape index (κ3) is 3.56. The monoisotopic (exact) mass is 230 g/mol. The maximum absolute atomic E-state index is 5.82. The second-order valence-corrected chi connectivity index (χ2v) is 3.85. The van der Waals surface area contributed by atoms with E-state index >= 15 is 0 Å². The summed E-state index contributed by atoms with van der Waals surface area (Å²) in [6.45, 7) is 2.05. The molecular formula is C10H12Cl2N2. The van der Waals surface area contributed by atoms with Gasteiger partial charge in [0, 0.05) is 16.5 Å². The lowest BCUT2D eigenvalue weighted by molar-refractivity contribution is 0.983. The number of aliphatic imine (C=N–C) groups is 1. The molecule has 4 heteroatoms. The molecular weight excluding hydrogens is 219 g/mol. The van der Waals surface area contributed by atoms with Crippen LogP contribution in [0, 0.1) is 0 Å². The third-order valence-corrected chi connectivity index (χ3v) is 2.06. The summed E-state index contributed by atoms with van der Waals surface area (Å²) in [7, 11) is 0. The highest BCUT2D eigenvalue weighted by molar-refractivity contribution is 6.35. The van der Waals surface area contributed by atoms with Gasteiger partial charge in [-0.2, -0.15) is 0 Å². The average Bonchev–Trinajstić information content (AvgIpc) is 2.01. The zero-order valence-corrected chi connectivity index (χ0v) is 9.44. The van der Waals surface area contributed by atoms with Gasteiger partial charge in [-0.15, -0.1) is 0 Å². The summed E-state index contributed by atoms with van der Waals surface area (Å²) < 4.78 is 0. The van der Waals surface area contributed by atoms with Crippen LogP contribution in [0.25, 0.3) is 0 Å². The summed E-state index contributed by atoms with van der Waals surface area (Å²) in [6, 6.07) is 5.13. The second-order valence-electron chi connectivity index (χ2n) is 2.98. The first-order chi connectivity index (χ1) is 6.61. The Hall–Kier alpha value is -0.730. The normalized spacial score (nSPS) is 11.8. The molecule has 0 atom stereocenters. The predicted molar refractivity (Wildman–Crippen MR) is 62.7 cm³/mol. The highest BCUT2D eigenvalue weighted by atomic mass is 35.5. The zero-order chi connectivity index (χ0) is 10.6. The maximum Gasteiger partial charge on any atom is 0.0996 e. The first-order valence-corrected chi connectivity index (χ1v) is 5.16. The summed E-state index contributed by atoms with van der Waals surface area (Å²) in [5, 5.41) is 1.14. The smallest absolute Gasteiger partial charge is 0.0996 e. The highest BCUT2D eigenvalue weighted by Gasteiger charge is 1.97. The van der Waals surface area contributed by atoms with Crippen molar-refractivity contribution < 1.29 is 0 Å². The van der Waals surface area contributed by atoms with Crippen molar-refractivity contribution in [2.24, 2.45) is 10.7 Å². The summed E-state index contributed by atoms with van der Waals surface area (Å²) in [5.74, 6) is 0.603. The summed E-state index contributed by atoms with van der Waals surface area (Å²) >= 11 is 11.6. The van der Waals surface area contributed by atoms with Crippen LogP contribution in [0.2, 0.25) is 10.0 Å². The first kappa shape index (κ1) is 11.3. The van der Waals surface area contributed by atoms with Crippen LogP contribution >= 0.6 is 23.2 Å². The number of benzene rings is 1. The molecule has 2 nitrogen and oxygen atoms in total. The number of halogens is 2. The van der Waals surface area contributed by atoms with Crippen LogP contribution in [0.1, 0.15) is 19.8 Å². The van der Waals surface area contributed by atoms with E-state index in [1.54, 1.807) is 18.2 Å². The molecule has 2 N–H and O–H groups in total. The molecule has 0 aromatic heterocycles. The van der Waals surface area contributed by atoms with Crippen LogP contribution in [-0.4, -0.2) is 5.84 Å². The SMILES string of the molecule is CCCC(N)=Nc1cc(Cl)cc(Cl)c1. The Kier molecular flexibility index (Phi) is 4.23. The fourth-order valence-corrected chi connectivity index (χ4v) is 1.60. The van der Waals surface area contributed by atoms with Gasteiger partial charge in [0.2, 0.25) is 0 Å². The fraction of sp³-hybridized carbons (Fsp3) is 0.300. The molecule has 0 fully saturated rings. The Morgan fingerprint density at radius 3 is 2.36 bits per heavy atom. The van der Waals surface area contributed by atoms with E-state index in [0.29, 0.717) is 21.6 Å². The summed E-state index contributed by atoms with van der Waals surface area (Å²) in [6.07, 6.45) is 1.76. The minimum absolute atomic E-state index is 0.570. The average molecular weight is 231 g/mol. The van der Waals surface area contributed by atoms with Crippen molar-refractivity contribution in [3.05, 3.63) is 28.2 Å². The van der Waals surface area contributed by atoms with Crippen LogP contribution in [0.15, 0.2) is 23.2 Å². The van der Waals surface area contributed by atoms with Crippen LogP contribution < -0.4 is 5.73 Å². The van der Waals surface area contributed by atoms with Gasteiger partial charge in [0.05, 0.1) is 11.5 Å². The van der Waals surface area contributed by atoms with Gasteiger partial charge in [-0.25, -0.2) is 4.99 Å². The van der Waals surface area contributed by atoms with Gasteiger partial charge < -0.3 is 5.73 Å². The first-order valence-electron chi connectivity index (χ1n) is 4.41. The Morgan fingerprint density at radius 2 is 1.86 bits per heavy atom. The Labute approximate surface area is 93.7 Å². The molecule has 0 aliphatic rings. The molecule has 1 rings (SSSR count). The molecule has 0 unspecified atom stereocenters. The summed E-state index contributed by atoms with van der Waals surface area (Å²) in [5.41, 5.74) is 6.38. The molecule has 0 radical (unpaired) electrons. The van der Waals surface area contributed by atoms with Crippen molar-refractivity contribution in [1.82, 2.24) is 0 Å². The lowest BCUT2D eigenvalue weighted by atomic mass is 10.3. The van der Waals surface area contributed by atoms with Crippen molar-refractivity contribution in [3.63, 3.8) is 0 Å². The molecule has 0 heterocycles. The van der Waals surface area contributed by atoms with Gasteiger partial charge in [-0.1, -0.05) is 30.1 Å². The van der Waals surface area contributed by atoms with Crippen molar-refractivity contribution >= 4 is 34.7 Å². The second kappa shape index (κ2) is 5.23. The molecule has 0 aliphatic carbocycles. The molecule has 14 heavy (non-hydrogen) atoms. The Morgan fingerprint density at radius 1 is 1.29 bits per heavy atom. The lowest BCUT2D eigenvalue weighted by Crippen LogP contribution is -2.09. The third-order valence-electron chi connectivity index (χ3n) is 1.63. The van der Waals surface area contributed by atoms with Gasteiger partial charge in [-0.3, -0.25) is 0 Å². The molecule has 0 spiro atoms. The summed E-state index contributed by atoms with van der Waals surface area (Å²) in [4.78, 5) is 4.20. The lowest BCUT2D eigenvalue weighted by Gasteiger charge is -2.00. The van der Waals surface area contributed by atoms with Gasteiger partial charge in [-0.05, 0) is 24.6 Å². The molecule has 1 aromatic carbocycles. The van der Waals surface area contributed by atoms with Gasteiger partial charge >= 0.3 is 0 Å². The van der Waals surface area contributed by atoms with E-state index in [9.17, 15) is 0 Å². The number of nitrogens with zero attached hydrogens (tertiary/aromatic N) is 1. The standard InChI is InChI=1S/C10H12Cl2N2/c1-2-3-10(13)14-9-5-7(11)4-8(12)6-9/h4-6H,2-3H2,1H3,(H2,13,14). The van der Waals surface area contributed by atoms with Crippen molar-refractivity contribution in [2.75, 3.05) is 0 Å². The van der Waals surface area contributed by atoms with E-state index in [4.69, 9.17) is 28.9 Å². The van der Waals surface area contributed by atoms with Crippen LogP contribution in [0.4, 0.5) is 5.69 Å². The fourth-order valence-electron chi connectivity index (χ4n) is 1.08. The van der Waals surface area contributed by atoms with Crippen LogP contribution in [-0.2, 0) is 0 Å². The molecule has 76 valence electrons. The topological polar surface area (TPSA) is 38.4 Å². The molecule has 0 saturated carbocycles. The van der Waals surface area contributed by atoms with E-state index in [-0.39, 0.29) is 0 Å². The number of hydrogen-bond acceptors (Lipinski definition) is 1. The number of amidine groups is 1. The molecule has 0 bridgehead atoms. The van der Waals surface area contributed by atoms with E-state index in [2.05, 4.69) is 4.99 Å². The Balaban J connectivity index is 2.90. The minimum Gasteiger partial charge on any atom is -0.387 e. The number of rotatable bonds is 3. The van der Waals surface area contributed by atoms with E-state index in [0.717, 1.165) is 12.8 Å². The molecule has 1 aromatic rings. The molecule has 0 aliphatic heterocycles. The maximum atomic E-state index is 5.82. The molecule has 0 amide bonds. The Bertz CT molecular complexity index is 328.